The van der Waals surface area contributed by atoms with Gasteiger partial charge in [-0.2, -0.15) is 0 Å². The van der Waals surface area contributed by atoms with E-state index in [1.807, 2.05) is 0 Å². The largest absolute Gasteiger partial charge is 0.463 e. The Kier molecular flexibility index (Phi) is 6.45. The van der Waals surface area contributed by atoms with Crippen LogP contribution in [0.3, 0.4) is 0 Å². The molecule has 0 saturated carbocycles. The molecule has 2 rings (SSSR count). The number of aromatic nitrogens is 3. The number of rotatable bonds is 6. The molecule has 1 saturated heterocycles. The second-order valence-corrected chi connectivity index (χ2v) is 5.56. The van der Waals surface area contributed by atoms with Gasteiger partial charge in [-0.15, -0.1) is 5.10 Å². The topological polar surface area (TPSA) is 145 Å². The molecule has 0 radical (unpaired) electrons. The maximum atomic E-state index is 11.5. The van der Waals surface area contributed by atoms with Crippen LogP contribution in [0, 0.1) is 0 Å². The van der Waals surface area contributed by atoms with Gasteiger partial charge in [-0.05, 0) is 0 Å². The Morgan fingerprint density at radius 2 is 1.70 bits per heavy atom. The third-order valence-electron chi connectivity index (χ3n) is 3.48. The molecule has 1 aromatic rings. The summed E-state index contributed by atoms with van der Waals surface area (Å²) in [4.78, 5) is 49.4. The third kappa shape index (κ3) is 5.00. The number of hydrogen-bond donors (Lipinski definition) is 0. The Balaban J connectivity index is 2.33. The molecule has 1 aliphatic heterocycles. The van der Waals surface area contributed by atoms with Gasteiger partial charge in [-0.25, -0.2) is 14.5 Å². The molecular weight excluding hydrogens is 366 g/mol. The van der Waals surface area contributed by atoms with Crippen molar-refractivity contribution in [2.75, 3.05) is 13.7 Å². The molecule has 27 heavy (non-hydrogen) atoms. The Hall–Kier alpha value is -3.02. The lowest BCUT2D eigenvalue weighted by molar-refractivity contribution is -0.166. The summed E-state index contributed by atoms with van der Waals surface area (Å²) >= 11 is 0. The Labute approximate surface area is 153 Å². The number of hydrogen-bond acceptors (Lipinski definition) is 11. The van der Waals surface area contributed by atoms with Crippen LogP contribution >= 0.6 is 0 Å². The first-order valence-electron chi connectivity index (χ1n) is 7.85. The first-order chi connectivity index (χ1) is 12.7. The molecule has 0 bridgehead atoms. The van der Waals surface area contributed by atoms with Crippen molar-refractivity contribution in [1.29, 1.82) is 0 Å². The van der Waals surface area contributed by atoms with E-state index in [2.05, 4.69) is 14.8 Å². The van der Waals surface area contributed by atoms with Gasteiger partial charge in [0.25, 0.3) is 5.82 Å². The lowest BCUT2D eigenvalue weighted by Gasteiger charge is -2.23. The molecule has 4 atom stereocenters. The van der Waals surface area contributed by atoms with Gasteiger partial charge >= 0.3 is 23.9 Å². The number of carbonyl (C=O) groups is 4. The van der Waals surface area contributed by atoms with Crippen LogP contribution in [-0.2, 0) is 38.1 Å². The van der Waals surface area contributed by atoms with Crippen LogP contribution in [0.4, 0.5) is 0 Å². The summed E-state index contributed by atoms with van der Waals surface area (Å²) in [5.74, 6) is -2.89. The highest BCUT2D eigenvalue weighted by Gasteiger charge is 2.51. The first-order valence-corrected chi connectivity index (χ1v) is 7.85. The van der Waals surface area contributed by atoms with E-state index in [0.717, 1.165) is 4.68 Å². The van der Waals surface area contributed by atoms with Crippen LogP contribution in [0.15, 0.2) is 6.33 Å². The second-order valence-electron chi connectivity index (χ2n) is 5.56. The highest BCUT2D eigenvalue weighted by atomic mass is 16.7. The summed E-state index contributed by atoms with van der Waals surface area (Å²) in [6, 6.07) is 0. The minimum absolute atomic E-state index is 0.241. The Morgan fingerprint density at radius 1 is 1.07 bits per heavy atom. The summed E-state index contributed by atoms with van der Waals surface area (Å²) in [6.07, 6.45) is -3.02. The molecule has 0 amide bonds. The molecule has 1 aromatic heterocycles. The zero-order valence-electron chi connectivity index (χ0n) is 15.1. The van der Waals surface area contributed by atoms with Gasteiger partial charge in [0.15, 0.2) is 18.4 Å². The number of methoxy groups -OCH3 is 1. The third-order valence-corrected chi connectivity index (χ3v) is 3.48. The van der Waals surface area contributed by atoms with Crippen molar-refractivity contribution < 1.29 is 42.9 Å². The fraction of sp³-hybridized carbons (Fsp3) is 0.600. The van der Waals surface area contributed by atoms with Crippen LogP contribution in [0.2, 0.25) is 0 Å². The monoisotopic (exact) mass is 385 g/mol. The van der Waals surface area contributed by atoms with E-state index < -0.39 is 48.4 Å². The van der Waals surface area contributed by atoms with Crippen molar-refractivity contribution in [2.45, 2.75) is 45.3 Å². The molecule has 12 heteroatoms. The minimum Gasteiger partial charge on any atom is -0.463 e. The van der Waals surface area contributed by atoms with Crippen LogP contribution < -0.4 is 0 Å². The zero-order valence-corrected chi connectivity index (χ0v) is 15.1. The molecule has 0 spiro atoms. The molecule has 0 N–H and O–H groups in total. The molecule has 148 valence electrons. The van der Waals surface area contributed by atoms with E-state index >= 15 is 0 Å². The molecule has 0 aromatic carbocycles. The van der Waals surface area contributed by atoms with Crippen molar-refractivity contribution in [2.24, 2.45) is 0 Å². The van der Waals surface area contributed by atoms with Crippen LogP contribution in [0.1, 0.15) is 37.6 Å². The van der Waals surface area contributed by atoms with Crippen molar-refractivity contribution in [3.8, 4) is 0 Å². The zero-order chi connectivity index (χ0) is 20.1. The number of esters is 4. The number of nitrogens with zero attached hydrogens (tertiary/aromatic N) is 3. The fourth-order valence-electron chi connectivity index (χ4n) is 2.49. The van der Waals surface area contributed by atoms with Gasteiger partial charge in [-0.3, -0.25) is 14.4 Å². The molecular formula is C15H19N3O9. The summed E-state index contributed by atoms with van der Waals surface area (Å²) in [6.45, 7) is 3.30. The first kappa shape index (κ1) is 20.3. The maximum absolute atomic E-state index is 11.5. The highest BCUT2D eigenvalue weighted by Crippen LogP contribution is 2.34. The van der Waals surface area contributed by atoms with Crippen molar-refractivity contribution >= 4 is 23.9 Å². The molecule has 12 nitrogen and oxygen atoms in total. The molecule has 1 aliphatic rings. The van der Waals surface area contributed by atoms with Gasteiger partial charge < -0.3 is 23.7 Å². The summed E-state index contributed by atoms with van der Waals surface area (Å²) < 4.78 is 26.8. The van der Waals surface area contributed by atoms with Crippen molar-refractivity contribution in [3.05, 3.63) is 12.2 Å². The van der Waals surface area contributed by atoms with Gasteiger partial charge in [0.05, 0.1) is 7.11 Å². The van der Waals surface area contributed by atoms with E-state index in [-0.39, 0.29) is 12.4 Å². The smallest absolute Gasteiger partial charge is 0.377 e. The quantitative estimate of drug-likeness (QED) is 0.456. The SMILES string of the molecule is COC(=O)c1ncn([C@H]2O[C@H](COC(C)=O)[C@@H](OC(C)=O)[C@H]2OC(C)=O)n1. The minimum atomic E-state index is -1.11. The molecule has 0 aliphatic carbocycles. The predicted molar refractivity (Wildman–Crippen MR) is 83.0 cm³/mol. The van der Waals surface area contributed by atoms with E-state index in [4.69, 9.17) is 18.9 Å². The maximum Gasteiger partial charge on any atom is 0.377 e. The molecule has 2 heterocycles. The van der Waals surface area contributed by atoms with Gasteiger partial charge in [0, 0.05) is 20.8 Å². The average Bonchev–Trinajstić information content (AvgIpc) is 3.18. The normalized spacial score (nSPS) is 24.1. The molecule has 1 fully saturated rings. The summed E-state index contributed by atoms with van der Waals surface area (Å²) in [5.41, 5.74) is 0. The second kappa shape index (κ2) is 8.58. The van der Waals surface area contributed by atoms with Crippen molar-refractivity contribution in [3.63, 3.8) is 0 Å². The van der Waals surface area contributed by atoms with Crippen LogP contribution in [-0.4, -0.2) is 70.7 Å². The van der Waals surface area contributed by atoms with Crippen LogP contribution in [0.5, 0.6) is 0 Å². The lowest BCUT2D eigenvalue weighted by atomic mass is 10.1. The highest BCUT2D eigenvalue weighted by molar-refractivity contribution is 5.84. The van der Waals surface area contributed by atoms with Gasteiger partial charge in [-0.1, -0.05) is 0 Å². The number of carbonyl (C=O) groups excluding carboxylic acids is 4. The summed E-state index contributed by atoms with van der Waals surface area (Å²) in [7, 11) is 1.17. The van der Waals surface area contributed by atoms with E-state index in [0.29, 0.717) is 0 Å². The standard InChI is InChI=1S/C15H19N3O9/c1-7(19)24-5-10-11(25-8(2)20)12(26-9(3)21)14(27-10)18-6-16-13(17-18)15(22)23-4/h6,10-12,14H,5H2,1-4H3/t10-,11-,12-,14+/m1/s1. The Morgan fingerprint density at radius 3 is 2.26 bits per heavy atom. The lowest BCUT2D eigenvalue weighted by Crippen LogP contribution is -2.40. The summed E-state index contributed by atoms with van der Waals surface area (Å²) in [5, 5.41) is 3.93. The number of ether oxygens (including phenoxy) is 5. The average molecular weight is 385 g/mol. The van der Waals surface area contributed by atoms with E-state index in [1.54, 1.807) is 0 Å². The van der Waals surface area contributed by atoms with Gasteiger partial charge in [0.1, 0.15) is 19.0 Å². The predicted octanol–water partition coefficient (Wildman–Crippen LogP) is -0.611. The van der Waals surface area contributed by atoms with Gasteiger partial charge in [0.2, 0.25) is 0 Å². The van der Waals surface area contributed by atoms with E-state index in [1.165, 1.54) is 34.2 Å². The van der Waals surface area contributed by atoms with Crippen LogP contribution in [0.25, 0.3) is 0 Å². The Bertz CT molecular complexity index is 732. The fourth-order valence-corrected chi connectivity index (χ4v) is 2.49. The van der Waals surface area contributed by atoms with E-state index in [9.17, 15) is 19.2 Å². The molecule has 0 unspecified atom stereocenters. The van der Waals surface area contributed by atoms with Crippen molar-refractivity contribution in [1.82, 2.24) is 14.8 Å².